The van der Waals surface area contributed by atoms with Crippen LogP contribution in [0.5, 0.6) is 0 Å². The van der Waals surface area contributed by atoms with Crippen LogP contribution in [0.3, 0.4) is 0 Å². The maximum Gasteiger partial charge on any atom is 0.274 e. The molecular formula is C20H17F3N4O. The summed E-state index contributed by atoms with van der Waals surface area (Å²) in [7, 11) is 0. The molecule has 28 heavy (non-hydrogen) atoms. The second-order valence-corrected chi connectivity index (χ2v) is 6.34. The first-order valence-electron chi connectivity index (χ1n) is 8.50. The van der Waals surface area contributed by atoms with Gasteiger partial charge in [0.05, 0.1) is 5.69 Å². The molecule has 0 aliphatic rings. The summed E-state index contributed by atoms with van der Waals surface area (Å²) in [6.45, 7) is 4.17. The van der Waals surface area contributed by atoms with Crippen LogP contribution in [-0.2, 0) is 0 Å². The zero-order valence-corrected chi connectivity index (χ0v) is 15.1. The molecule has 0 bridgehead atoms. The van der Waals surface area contributed by atoms with Gasteiger partial charge in [-0.15, -0.1) is 0 Å². The minimum atomic E-state index is -1.66. The zero-order valence-electron chi connectivity index (χ0n) is 15.1. The number of anilines is 3. The van der Waals surface area contributed by atoms with Crippen LogP contribution in [0.2, 0.25) is 0 Å². The van der Waals surface area contributed by atoms with E-state index in [1.165, 1.54) is 17.8 Å². The van der Waals surface area contributed by atoms with Crippen LogP contribution in [0.15, 0.2) is 48.7 Å². The zero-order chi connectivity index (χ0) is 20.3. The van der Waals surface area contributed by atoms with E-state index >= 15 is 0 Å². The number of carbonyl (C=O) groups excluding carboxylic acids is 1. The van der Waals surface area contributed by atoms with Gasteiger partial charge in [0.1, 0.15) is 5.69 Å². The molecule has 0 saturated carbocycles. The number of halogens is 3. The lowest BCUT2D eigenvalue weighted by molar-refractivity contribution is 0.102. The number of aromatic nitrogens is 2. The molecule has 0 atom stereocenters. The first-order chi connectivity index (χ1) is 13.3. The van der Waals surface area contributed by atoms with Gasteiger partial charge in [0.25, 0.3) is 5.91 Å². The van der Waals surface area contributed by atoms with Crippen molar-refractivity contribution >= 4 is 23.2 Å². The molecule has 0 fully saturated rings. The third kappa shape index (κ3) is 4.28. The van der Waals surface area contributed by atoms with Crippen LogP contribution in [0.25, 0.3) is 0 Å². The average molecular weight is 386 g/mol. The fraction of sp³-hybridized carbons (Fsp3) is 0.150. The fourth-order valence-corrected chi connectivity index (χ4v) is 2.43. The lowest BCUT2D eigenvalue weighted by Gasteiger charge is -2.10. The van der Waals surface area contributed by atoms with E-state index in [0.717, 1.165) is 17.8 Å². The van der Waals surface area contributed by atoms with E-state index in [1.807, 2.05) is 24.3 Å². The van der Waals surface area contributed by atoms with E-state index in [-0.39, 0.29) is 11.6 Å². The highest BCUT2D eigenvalue weighted by Gasteiger charge is 2.17. The van der Waals surface area contributed by atoms with Crippen molar-refractivity contribution in [1.82, 2.24) is 9.97 Å². The minimum Gasteiger partial charge on any atom is -0.324 e. The molecule has 8 heteroatoms. The van der Waals surface area contributed by atoms with Crippen molar-refractivity contribution < 1.29 is 18.0 Å². The molecule has 0 aliphatic carbocycles. The summed E-state index contributed by atoms with van der Waals surface area (Å²) < 4.78 is 40.0. The van der Waals surface area contributed by atoms with E-state index in [0.29, 0.717) is 5.92 Å². The molecule has 1 aromatic heterocycles. The van der Waals surface area contributed by atoms with E-state index in [9.17, 15) is 18.0 Å². The Kier molecular flexibility index (Phi) is 5.58. The van der Waals surface area contributed by atoms with E-state index in [1.54, 1.807) is 0 Å². The van der Waals surface area contributed by atoms with Gasteiger partial charge in [0.2, 0.25) is 5.95 Å². The molecule has 2 N–H and O–H groups in total. The molecule has 0 aliphatic heterocycles. The van der Waals surface area contributed by atoms with E-state index < -0.39 is 29.0 Å². The van der Waals surface area contributed by atoms with Gasteiger partial charge in [-0.2, -0.15) is 0 Å². The second-order valence-electron chi connectivity index (χ2n) is 6.34. The van der Waals surface area contributed by atoms with Gasteiger partial charge in [-0.1, -0.05) is 26.0 Å². The standard InChI is InChI=1S/C20H17F3N4O/c1-11(2)12-3-5-13(6-4-12)25-20-24-10-9-16(27-20)19(28)26-15-8-7-14(21)17(22)18(15)23/h3-11H,1-2H3,(H,26,28)(H,24,25,27). The predicted molar refractivity (Wildman–Crippen MR) is 100 cm³/mol. The minimum absolute atomic E-state index is 0.0690. The van der Waals surface area contributed by atoms with Crippen LogP contribution in [0.1, 0.15) is 35.8 Å². The van der Waals surface area contributed by atoms with Crippen LogP contribution >= 0.6 is 0 Å². The lowest BCUT2D eigenvalue weighted by Crippen LogP contribution is -2.16. The topological polar surface area (TPSA) is 66.9 Å². The smallest absolute Gasteiger partial charge is 0.274 e. The summed E-state index contributed by atoms with van der Waals surface area (Å²) in [4.78, 5) is 20.4. The SMILES string of the molecule is CC(C)c1ccc(Nc2nccc(C(=O)Nc3ccc(F)c(F)c3F)n2)cc1. The van der Waals surface area contributed by atoms with Crippen LogP contribution in [0.4, 0.5) is 30.5 Å². The summed E-state index contributed by atoms with van der Waals surface area (Å²) in [5, 5.41) is 5.14. The number of rotatable bonds is 5. The Morgan fingerprint density at radius 2 is 1.68 bits per heavy atom. The van der Waals surface area contributed by atoms with E-state index in [4.69, 9.17) is 0 Å². The van der Waals surface area contributed by atoms with Gasteiger partial charge in [-0.3, -0.25) is 4.79 Å². The molecule has 5 nitrogen and oxygen atoms in total. The number of hydrogen-bond acceptors (Lipinski definition) is 4. The van der Waals surface area contributed by atoms with Gasteiger partial charge < -0.3 is 10.6 Å². The second kappa shape index (κ2) is 8.08. The van der Waals surface area contributed by atoms with Gasteiger partial charge >= 0.3 is 0 Å². The summed E-state index contributed by atoms with van der Waals surface area (Å²) in [5.41, 5.74) is 1.35. The Morgan fingerprint density at radius 1 is 0.964 bits per heavy atom. The normalized spacial score (nSPS) is 10.8. The Labute approximate surface area is 159 Å². The van der Waals surface area contributed by atoms with E-state index in [2.05, 4.69) is 34.4 Å². The average Bonchev–Trinajstić information content (AvgIpc) is 2.69. The monoisotopic (exact) mass is 386 g/mol. The number of amides is 1. The Hall–Kier alpha value is -3.42. The summed E-state index contributed by atoms with van der Waals surface area (Å²) in [6, 6.07) is 10.6. The van der Waals surface area contributed by atoms with Crippen LogP contribution in [0, 0.1) is 17.5 Å². The number of hydrogen-bond donors (Lipinski definition) is 2. The molecule has 144 valence electrons. The van der Waals surface area contributed by atoms with Crippen molar-refractivity contribution in [2.24, 2.45) is 0 Å². The fourth-order valence-electron chi connectivity index (χ4n) is 2.43. The summed E-state index contributed by atoms with van der Waals surface area (Å²) in [6.07, 6.45) is 1.36. The molecule has 0 radical (unpaired) electrons. The molecule has 1 amide bonds. The Balaban J connectivity index is 1.75. The molecule has 3 aromatic rings. The molecule has 0 saturated heterocycles. The highest BCUT2D eigenvalue weighted by molar-refractivity contribution is 6.03. The Bertz CT molecular complexity index is 1010. The number of benzene rings is 2. The molecule has 3 rings (SSSR count). The first-order valence-corrected chi connectivity index (χ1v) is 8.50. The van der Waals surface area contributed by atoms with Crippen molar-refractivity contribution in [1.29, 1.82) is 0 Å². The highest BCUT2D eigenvalue weighted by atomic mass is 19.2. The molecule has 0 unspecified atom stereocenters. The maximum absolute atomic E-state index is 13.7. The van der Waals surface area contributed by atoms with Crippen molar-refractivity contribution in [3.05, 3.63) is 77.4 Å². The van der Waals surface area contributed by atoms with Gasteiger partial charge in [-0.25, -0.2) is 23.1 Å². The highest BCUT2D eigenvalue weighted by Crippen LogP contribution is 2.21. The van der Waals surface area contributed by atoms with Crippen molar-refractivity contribution in [3.63, 3.8) is 0 Å². The molecule has 1 heterocycles. The van der Waals surface area contributed by atoms with Crippen molar-refractivity contribution in [2.75, 3.05) is 10.6 Å². The Morgan fingerprint density at radius 3 is 2.36 bits per heavy atom. The van der Waals surface area contributed by atoms with Crippen LogP contribution in [-0.4, -0.2) is 15.9 Å². The van der Waals surface area contributed by atoms with Crippen molar-refractivity contribution in [3.8, 4) is 0 Å². The van der Waals surface area contributed by atoms with Gasteiger partial charge in [0.15, 0.2) is 17.5 Å². The number of nitrogens with one attached hydrogen (secondary N) is 2. The summed E-state index contributed by atoms with van der Waals surface area (Å²) in [5.74, 6) is -4.71. The summed E-state index contributed by atoms with van der Waals surface area (Å²) >= 11 is 0. The van der Waals surface area contributed by atoms with Crippen LogP contribution < -0.4 is 10.6 Å². The maximum atomic E-state index is 13.7. The lowest BCUT2D eigenvalue weighted by atomic mass is 10.0. The third-order valence-corrected chi connectivity index (χ3v) is 4.01. The molecule has 2 aromatic carbocycles. The number of carbonyl (C=O) groups is 1. The molecular weight excluding hydrogens is 369 g/mol. The molecule has 0 spiro atoms. The predicted octanol–water partition coefficient (Wildman–Crippen LogP) is 5.01. The van der Waals surface area contributed by atoms with Gasteiger partial charge in [-0.05, 0) is 41.8 Å². The third-order valence-electron chi connectivity index (χ3n) is 4.01. The quantitative estimate of drug-likeness (QED) is 0.605. The van der Waals surface area contributed by atoms with Crippen molar-refractivity contribution in [2.45, 2.75) is 19.8 Å². The number of nitrogens with zero attached hydrogens (tertiary/aromatic N) is 2. The largest absolute Gasteiger partial charge is 0.324 e. The first kappa shape index (κ1) is 19.3. The van der Waals surface area contributed by atoms with Gasteiger partial charge in [0, 0.05) is 11.9 Å².